The van der Waals surface area contributed by atoms with Crippen molar-refractivity contribution in [1.82, 2.24) is 14.5 Å². The summed E-state index contributed by atoms with van der Waals surface area (Å²) >= 11 is 0. The highest BCUT2D eigenvalue weighted by Crippen LogP contribution is 1.92. The van der Waals surface area contributed by atoms with Crippen molar-refractivity contribution in [3.8, 4) is 12.0 Å². The molecule has 0 atom stereocenters. The van der Waals surface area contributed by atoms with Gasteiger partial charge in [0.05, 0.1) is 0 Å². The van der Waals surface area contributed by atoms with Crippen LogP contribution < -0.4 is 0 Å². The Bertz CT molecular complexity index is 420. The van der Waals surface area contributed by atoms with E-state index in [1.54, 1.807) is 35.7 Å². The summed E-state index contributed by atoms with van der Waals surface area (Å²) in [5.41, 5.74) is 0.948. The molecule has 2 aromatic rings. The van der Waals surface area contributed by atoms with Crippen LogP contribution >= 0.6 is 0 Å². The maximum Gasteiger partial charge on any atom is 0.106 e. The number of rotatable bonds is 0. The Morgan fingerprint density at radius 1 is 1.08 bits per heavy atom. The summed E-state index contributed by atoms with van der Waals surface area (Å²) in [5, 5.41) is 0. The number of hydrogen-bond acceptors (Lipinski definition) is 2. The zero-order chi connectivity index (χ0) is 8.93. The van der Waals surface area contributed by atoms with Gasteiger partial charge >= 0.3 is 0 Å². The van der Waals surface area contributed by atoms with E-state index < -0.39 is 0 Å². The van der Waals surface area contributed by atoms with Crippen molar-refractivity contribution in [1.29, 1.82) is 0 Å². The van der Waals surface area contributed by atoms with Crippen molar-refractivity contribution < 1.29 is 0 Å². The zero-order valence-electron chi connectivity index (χ0n) is 6.88. The number of imidazole rings is 1. The summed E-state index contributed by atoms with van der Waals surface area (Å²) in [6.45, 7) is 0. The highest BCUT2D eigenvalue weighted by Gasteiger charge is 1.82. The monoisotopic (exact) mass is 169 g/mol. The van der Waals surface area contributed by atoms with Crippen molar-refractivity contribution in [3.05, 3.63) is 48.8 Å². The van der Waals surface area contributed by atoms with Gasteiger partial charge in [0.1, 0.15) is 6.33 Å². The molecular formula is C10H7N3. The summed E-state index contributed by atoms with van der Waals surface area (Å²) in [5.74, 6) is 2.98. The molecular weight excluding hydrogens is 162 g/mol. The molecule has 3 heteroatoms. The molecule has 0 fully saturated rings. The Morgan fingerprint density at radius 2 is 1.92 bits per heavy atom. The third-order valence-corrected chi connectivity index (χ3v) is 1.51. The van der Waals surface area contributed by atoms with Gasteiger partial charge in [-0.3, -0.25) is 9.55 Å². The van der Waals surface area contributed by atoms with Gasteiger partial charge in [0.2, 0.25) is 0 Å². The third-order valence-electron chi connectivity index (χ3n) is 1.51. The van der Waals surface area contributed by atoms with Crippen LogP contribution in [0.25, 0.3) is 0 Å². The molecule has 0 saturated carbocycles. The average Bonchev–Trinajstić information content (AvgIpc) is 2.69. The quantitative estimate of drug-likeness (QED) is 0.553. The molecule has 0 aliphatic carbocycles. The van der Waals surface area contributed by atoms with Crippen molar-refractivity contribution in [3.63, 3.8) is 0 Å². The fraction of sp³-hybridized carbons (Fsp3) is 0. The van der Waals surface area contributed by atoms with Gasteiger partial charge in [-0.25, -0.2) is 4.98 Å². The van der Waals surface area contributed by atoms with E-state index in [1.165, 1.54) is 0 Å². The predicted molar refractivity (Wildman–Crippen MR) is 48.7 cm³/mol. The van der Waals surface area contributed by atoms with E-state index in [-0.39, 0.29) is 0 Å². The van der Waals surface area contributed by atoms with Gasteiger partial charge in [0.15, 0.2) is 0 Å². The van der Waals surface area contributed by atoms with Crippen LogP contribution in [0.3, 0.4) is 0 Å². The second-order valence-electron chi connectivity index (χ2n) is 2.44. The molecule has 0 N–H and O–H groups in total. The molecule has 2 rings (SSSR count). The second-order valence-corrected chi connectivity index (χ2v) is 2.44. The van der Waals surface area contributed by atoms with E-state index in [2.05, 4.69) is 21.9 Å². The van der Waals surface area contributed by atoms with Gasteiger partial charge in [-0.15, -0.1) is 0 Å². The molecule has 0 spiro atoms. The van der Waals surface area contributed by atoms with E-state index in [9.17, 15) is 0 Å². The second kappa shape index (κ2) is 3.55. The summed E-state index contributed by atoms with van der Waals surface area (Å²) in [6.07, 6.45) is 8.60. The molecule has 13 heavy (non-hydrogen) atoms. The van der Waals surface area contributed by atoms with Crippen LogP contribution in [0.1, 0.15) is 5.56 Å². The number of hydrogen-bond donors (Lipinski definition) is 0. The first-order valence-corrected chi connectivity index (χ1v) is 3.85. The summed E-state index contributed by atoms with van der Waals surface area (Å²) in [4.78, 5) is 7.79. The van der Waals surface area contributed by atoms with E-state index in [4.69, 9.17) is 0 Å². The summed E-state index contributed by atoms with van der Waals surface area (Å²) in [6, 6.07) is 6.65. The number of pyridine rings is 1. The van der Waals surface area contributed by atoms with E-state index in [0.717, 1.165) is 5.56 Å². The molecule has 0 bridgehead atoms. The Balaban J connectivity index is 2.23. The molecule has 0 unspecified atom stereocenters. The van der Waals surface area contributed by atoms with Crippen LogP contribution in [0.2, 0.25) is 0 Å². The van der Waals surface area contributed by atoms with Crippen molar-refractivity contribution in [2.24, 2.45) is 0 Å². The smallest absolute Gasteiger partial charge is 0.106 e. The Labute approximate surface area is 76.1 Å². The average molecular weight is 169 g/mol. The van der Waals surface area contributed by atoms with E-state index in [1.807, 2.05) is 12.1 Å². The lowest BCUT2D eigenvalue weighted by Crippen LogP contribution is -1.82. The van der Waals surface area contributed by atoms with Crippen LogP contribution in [0.15, 0.2) is 43.2 Å². The maximum absolute atomic E-state index is 3.90. The SMILES string of the molecule is C(#Cn1ccnc1)c1ccncc1. The topological polar surface area (TPSA) is 30.7 Å². The lowest BCUT2D eigenvalue weighted by molar-refractivity contribution is 1.11. The van der Waals surface area contributed by atoms with Gasteiger partial charge in [-0.2, -0.15) is 0 Å². The molecule has 0 amide bonds. The van der Waals surface area contributed by atoms with E-state index in [0.29, 0.717) is 0 Å². The lowest BCUT2D eigenvalue weighted by Gasteiger charge is -1.86. The van der Waals surface area contributed by atoms with Gasteiger partial charge in [0, 0.05) is 36.4 Å². The Morgan fingerprint density at radius 3 is 2.62 bits per heavy atom. The molecule has 0 aromatic carbocycles. The minimum absolute atomic E-state index is 0.948. The number of aromatic nitrogens is 3. The van der Waals surface area contributed by atoms with Crippen LogP contribution in [-0.4, -0.2) is 14.5 Å². The Hall–Kier alpha value is -2.08. The Kier molecular flexibility index (Phi) is 2.06. The molecule has 3 nitrogen and oxygen atoms in total. The van der Waals surface area contributed by atoms with Gasteiger partial charge < -0.3 is 0 Å². The number of nitrogens with zero attached hydrogens (tertiary/aromatic N) is 3. The van der Waals surface area contributed by atoms with E-state index >= 15 is 0 Å². The van der Waals surface area contributed by atoms with Crippen molar-refractivity contribution >= 4 is 0 Å². The lowest BCUT2D eigenvalue weighted by atomic mass is 10.3. The van der Waals surface area contributed by atoms with Crippen molar-refractivity contribution in [2.75, 3.05) is 0 Å². The highest BCUT2D eigenvalue weighted by molar-refractivity contribution is 5.31. The minimum Gasteiger partial charge on any atom is -0.265 e. The zero-order valence-corrected chi connectivity index (χ0v) is 6.88. The first kappa shape index (κ1) is 7.56. The predicted octanol–water partition coefficient (Wildman–Crippen LogP) is 1.14. The maximum atomic E-state index is 3.90. The van der Waals surface area contributed by atoms with Crippen LogP contribution in [-0.2, 0) is 0 Å². The molecule has 2 aromatic heterocycles. The molecule has 0 aliphatic rings. The van der Waals surface area contributed by atoms with Gasteiger partial charge in [-0.1, -0.05) is 0 Å². The standard InChI is InChI=1S/C10H7N3/c1-4-11-5-2-10(1)3-7-13-8-6-12-9-13/h1-2,4-6,8-9H. The van der Waals surface area contributed by atoms with Crippen LogP contribution in [0.5, 0.6) is 0 Å². The minimum atomic E-state index is 0.948. The van der Waals surface area contributed by atoms with Crippen LogP contribution in [0.4, 0.5) is 0 Å². The first-order valence-electron chi connectivity index (χ1n) is 3.85. The molecule has 0 radical (unpaired) electrons. The van der Waals surface area contributed by atoms with Gasteiger partial charge in [-0.05, 0) is 18.1 Å². The molecule has 2 heterocycles. The fourth-order valence-electron chi connectivity index (χ4n) is 0.890. The normalized spacial score (nSPS) is 8.92. The first-order chi connectivity index (χ1) is 6.45. The molecule has 0 aliphatic heterocycles. The molecule has 62 valence electrons. The largest absolute Gasteiger partial charge is 0.265 e. The van der Waals surface area contributed by atoms with Crippen LogP contribution in [0, 0.1) is 12.0 Å². The van der Waals surface area contributed by atoms with Crippen molar-refractivity contribution in [2.45, 2.75) is 0 Å². The fourth-order valence-corrected chi connectivity index (χ4v) is 0.890. The van der Waals surface area contributed by atoms with Gasteiger partial charge in [0.25, 0.3) is 0 Å². The third kappa shape index (κ3) is 1.94. The molecule has 0 saturated heterocycles. The summed E-state index contributed by atoms with van der Waals surface area (Å²) < 4.78 is 1.71. The highest BCUT2D eigenvalue weighted by atomic mass is 15.0. The summed E-state index contributed by atoms with van der Waals surface area (Å²) in [7, 11) is 0.